The van der Waals surface area contributed by atoms with E-state index < -0.39 is 11.7 Å². The number of ketones is 1. The van der Waals surface area contributed by atoms with Crippen LogP contribution in [0.4, 0.5) is 13.2 Å². The van der Waals surface area contributed by atoms with E-state index in [2.05, 4.69) is 9.89 Å². The summed E-state index contributed by atoms with van der Waals surface area (Å²) in [6, 6.07) is 5.17. The summed E-state index contributed by atoms with van der Waals surface area (Å²) in [7, 11) is 0. The van der Waals surface area contributed by atoms with Crippen LogP contribution in [0, 0.1) is 0 Å². The maximum Gasteiger partial charge on any atom is 0.416 e. The minimum absolute atomic E-state index is 0.00730. The third kappa shape index (κ3) is 4.77. The van der Waals surface area contributed by atoms with E-state index >= 15 is 0 Å². The van der Waals surface area contributed by atoms with E-state index in [9.17, 15) is 18.0 Å². The Morgan fingerprint density at radius 1 is 1.17 bits per heavy atom. The molecule has 1 aromatic rings. The molecule has 0 fully saturated rings. The third-order valence-electron chi connectivity index (χ3n) is 3.87. The molecule has 24 heavy (non-hydrogen) atoms. The first kappa shape index (κ1) is 18.4. The van der Waals surface area contributed by atoms with Crippen LogP contribution in [-0.4, -0.2) is 29.5 Å². The van der Waals surface area contributed by atoms with E-state index in [1.54, 1.807) is 0 Å². The number of Topliss-reactive ketones (excluding diaryl/α,β-unsaturated/α-hetero) is 1. The highest BCUT2D eigenvalue weighted by molar-refractivity contribution is 5.95. The summed E-state index contributed by atoms with van der Waals surface area (Å²) >= 11 is 0. The second-order valence-corrected chi connectivity index (χ2v) is 6.20. The predicted octanol–water partition coefficient (Wildman–Crippen LogP) is 4.24. The van der Waals surface area contributed by atoms with Gasteiger partial charge in [-0.25, -0.2) is 0 Å². The van der Waals surface area contributed by atoms with E-state index in [-0.39, 0.29) is 5.78 Å². The lowest BCUT2D eigenvalue weighted by molar-refractivity contribution is -0.137. The Balaban J connectivity index is 2.11. The van der Waals surface area contributed by atoms with Crippen molar-refractivity contribution in [2.24, 2.45) is 4.99 Å². The number of rotatable bonds is 4. The van der Waals surface area contributed by atoms with Gasteiger partial charge in [0.1, 0.15) is 0 Å². The maximum absolute atomic E-state index is 12.6. The number of alkyl halides is 3. The van der Waals surface area contributed by atoms with Crippen molar-refractivity contribution in [3.8, 4) is 0 Å². The zero-order valence-corrected chi connectivity index (χ0v) is 14.1. The van der Waals surface area contributed by atoms with E-state index in [4.69, 9.17) is 0 Å². The first-order valence-electron chi connectivity index (χ1n) is 7.80. The molecule has 1 aliphatic heterocycles. The van der Waals surface area contributed by atoms with Crippen LogP contribution in [0.5, 0.6) is 0 Å². The van der Waals surface area contributed by atoms with Crippen LogP contribution < -0.4 is 0 Å². The summed E-state index contributed by atoms with van der Waals surface area (Å²) in [6.45, 7) is 7.01. The predicted molar refractivity (Wildman–Crippen MR) is 87.8 cm³/mol. The Morgan fingerprint density at radius 2 is 1.79 bits per heavy atom. The molecule has 0 saturated heterocycles. The molecule has 0 atom stereocenters. The molecule has 130 valence electrons. The van der Waals surface area contributed by atoms with Gasteiger partial charge in [-0.3, -0.25) is 14.7 Å². The van der Waals surface area contributed by atoms with Gasteiger partial charge in [-0.15, -0.1) is 0 Å². The Hall–Kier alpha value is -1.95. The summed E-state index contributed by atoms with van der Waals surface area (Å²) in [5.41, 5.74) is 2.56. The van der Waals surface area contributed by atoms with Crippen LogP contribution in [0.3, 0.4) is 0 Å². The lowest BCUT2D eigenvalue weighted by Crippen LogP contribution is -2.33. The monoisotopic (exact) mass is 338 g/mol. The molecule has 3 nitrogen and oxygen atoms in total. The van der Waals surface area contributed by atoms with Crippen molar-refractivity contribution in [3.05, 3.63) is 46.7 Å². The molecule has 0 amide bonds. The third-order valence-corrected chi connectivity index (χ3v) is 3.87. The van der Waals surface area contributed by atoms with Gasteiger partial charge in [0.05, 0.1) is 5.56 Å². The number of carbonyl (C=O) groups is 1. The molecule has 0 N–H and O–H groups in total. The molecule has 0 aromatic heterocycles. The Kier molecular flexibility index (Phi) is 5.59. The van der Waals surface area contributed by atoms with Crippen LogP contribution in [0.2, 0.25) is 0 Å². The molecule has 1 heterocycles. The Morgan fingerprint density at radius 3 is 2.29 bits per heavy atom. The van der Waals surface area contributed by atoms with Gasteiger partial charge in [0, 0.05) is 43.0 Å². The van der Waals surface area contributed by atoms with Crippen molar-refractivity contribution in [3.63, 3.8) is 0 Å². The molecule has 0 saturated carbocycles. The van der Waals surface area contributed by atoms with Crippen molar-refractivity contribution in [1.82, 2.24) is 4.90 Å². The van der Waals surface area contributed by atoms with Gasteiger partial charge >= 0.3 is 6.18 Å². The fourth-order valence-electron chi connectivity index (χ4n) is 2.71. The summed E-state index contributed by atoms with van der Waals surface area (Å²) in [5.74, 6) is -0.00730. The Labute approximate surface area is 139 Å². The van der Waals surface area contributed by atoms with Gasteiger partial charge < -0.3 is 0 Å². The number of benzene rings is 1. The molecule has 0 unspecified atom stereocenters. The molecule has 0 spiro atoms. The fourth-order valence-corrected chi connectivity index (χ4v) is 2.71. The van der Waals surface area contributed by atoms with Crippen molar-refractivity contribution in [2.45, 2.75) is 39.9 Å². The summed E-state index contributed by atoms with van der Waals surface area (Å²) < 4.78 is 37.8. The molecule has 2 rings (SSSR count). The molecule has 0 bridgehead atoms. The quantitative estimate of drug-likeness (QED) is 0.770. The number of hydrogen-bond donors (Lipinski definition) is 0. The van der Waals surface area contributed by atoms with E-state index in [0.29, 0.717) is 25.1 Å². The van der Waals surface area contributed by atoms with Gasteiger partial charge in [0.2, 0.25) is 0 Å². The summed E-state index contributed by atoms with van der Waals surface area (Å²) in [4.78, 5) is 18.4. The van der Waals surface area contributed by atoms with Crippen molar-refractivity contribution in [1.29, 1.82) is 0 Å². The van der Waals surface area contributed by atoms with Gasteiger partial charge in [-0.2, -0.15) is 13.2 Å². The normalized spacial score (nSPS) is 16.2. The molecular weight excluding hydrogens is 317 g/mol. The molecule has 6 heteroatoms. The lowest BCUT2D eigenvalue weighted by Gasteiger charge is -2.28. The van der Waals surface area contributed by atoms with Crippen LogP contribution >= 0.6 is 0 Å². The van der Waals surface area contributed by atoms with Gasteiger partial charge in [0.25, 0.3) is 0 Å². The first-order chi connectivity index (χ1) is 11.2. The Bertz CT molecular complexity index is 668. The maximum atomic E-state index is 12.6. The average Bonchev–Trinajstić information content (AvgIpc) is 2.47. The van der Waals surface area contributed by atoms with Crippen molar-refractivity contribution < 1.29 is 18.0 Å². The van der Waals surface area contributed by atoms with Crippen molar-refractivity contribution in [2.75, 3.05) is 13.1 Å². The minimum Gasteiger partial charge on any atom is -0.295 e. The number of carbonyl (C=O) groups excluding carboxylic acids is 1. The van der Waals surface area contributed by atoms with E-state index in [0.717, 1.165) is 35.6 Å². The highest BCUT2D eigenvalue weighted by atomic mass is 19.4. The second-order valence-electron chi connectivity index (χ2n) is 6.20. The number of halogens is 3. The second kappa shape index (κ2) is 7.30. The zero-order valence-electron chi connectivity index (χ0n) is 14.1. The number of aliphatic imine (C=N–C) groups is 1. The molecular formula is C18H21F3N2O. The largest absolute Gasteiger partial charge is 0.416 e. The summed E-state index contributed by atoms with van der Waals surface area (Å²) in [5, 5.41) is 0. The van der Waals surface area contributed by atoms with Crippen LogP contribution in [0.1, 0.15) is 38.3 Å². The zero-order chi connectivity index (χ0) is 17.9. The highest BCUT2D eigenvalue weighted by Gasteiger charge is 2.30. The molecule has 1 aromatic carbocycles. The highest BCUT2D eigenvalue weighted by Crippen LogP contribution is 2.29. The standard InChI is InChI=1S/C18H21F3N2O/c1-12(2)22-17-8-9-23(11-16(17)13(3)24)10-14-4-6-15(7-5-14)18(19,20)21/h4-7H,8-11H2,1-3H3. The van der Waals surface area contributed by atoms with Crippen LogP contribution in [-0.2, 0) is 17.5 Å². The van der Waals surface area contributed by atoms with Crippen molar-refractivity contribution >= 4 is 11.5 Å². The topological polar surface area (TPSA) is 32.7 Å². The lowest BCUT2D eigenvalue weighted by atomic mass is 10.0. The van der Waals surface area contributed by atoms with E-state index in [1.807, 2.05) is 13.8 Å². The van der Waals surface area contributed by atoms with Gasteiger partial charge in [-0.05, 0) is 38.5 Å². The molecule has 0 aliphatic carbocycles. The average molecular weight is 338 g/mol. The molecule has 0 radical (unpaired) electrons. The number of nitrogens with zero attached hydrogens (tertiary/aromatic N) is 2. The van der Waals surface area contributed by atoms with Gasteiger partial charge in [-0.1, -0.05) is 12.1 Å². The summed E-state index contributed by atoms with van der Waals surface area (Å²) in [6.07, 6.45) is -3.65. The minimum atomic E-state index is -4.32. The van der Waals surface area contributed by atoms with Gasteiger partial charge in [0.15, 0.2) is 5.78 Å². The van der Waals surface area contributed by atoms with Crippen LogP contribution in [0.15, 0.2) is 40.5 Å². The van der Waals surface area contributed by atoms with Crippen LogP contribution in [0.25, 0.3) is 0 Å². The number of hydrogen-bond acceptors (Lipinski definition) is 3. The SMILES string of the molecule is CC(=O)C1=C(N=C(C)C)CCN(Cc2ccc(C(F)(F)F)cc2)C1. The smallest absolute Gasteiger partial charge is 0.295 e. The van der Waals surface area contributed by atoms with E-state index in [1.165, 1.54) is 19.1 Å². The fraction of sp³-hybridized carbons (Fsp3) is 0.444. The first-order valence-corrected chi connectivity index (χ1v) is 7.80. The molecule has 1 aliphatic rings.